The maximum atomic E-state index is 12.7. The van der Waals surface area contributed by atoms with Crippen molar-refractivity contribution in [2.75, 3.05) is 25.5 Å². The Bertz CT molecular complexity index is 747. The van der Waals surface area contributed by atoms with Crippen molar-refractivity contribution in [3.8, 4) is 0 Å². The van der Waals surface area contributed by atoms with E-state index in [-0.39, 0.29) is 23.7 Å². The minimum absolute atomic E-state index is 0.0437. The van der Waals surface area contributed by atoms with Crippen molar-refractivity contribution in [1.82, 2.24) is 20.2 Å². The van der Waals surface area contributed by atoms with Crippen molar-refractivity contribution in [2.45, 2.75) is 19.9 Å². The second kappa shape index (κ2) is 8.37. The van der Waals surface area contributed by atoms with Gasteiger partial charge in [0.1, 0.15) is 5.01 Å². The predicted octanol–water partition coefficient (Wildman–Crippen LogP) is 1.67. The van der Waals surface area contributed by atoms with Gasteiger partial charge in [-0.1, -0.05) is 0 Å². The van der Waals surface area contributed by atoms with Crippen LogP contribution in [-0.2, 0) is 16.1 Å². The van der Waals surface area contributed by atoms with Crippen LogP contribution in [0.25, 0.3) is 0 Å². The molecule has 1 aliphatic heterocycles. The summed E-state index contributed by atoms with van der Waals surface area (Å²) in [7, 11) is 1.78. The Labute approximate surface area is 156 Å². The minimum Gasteiger partial charge on any atom is -0.339 e. The number of nitrogens with one attached hydrogen (secondary N) is 2. The van der Waals surface area contributed by atoms with Gasteiger partial charge in [-0.05, 0) is 25.5 Å². The van der Waals surface area contributed by atoms with Gasteiger partial charge in [-0.3, -0.25) is 14.6 Å². The summed E-state index contributed by atoms with van der Waals surface area (Å²) in [5, 5.41) is 8.91. The highest BCUT2D eigenvalue weighted by Gasteiger charge is 2.32. The van der Waals surface area contributed by atoms with Gasteiger partial charge in [0.15, 0.2) is 0 Å². The summed E-state index contributed by atoms with van der Waals surface area (Å²) in [5.41, 5.74) is 1.58. The number of aryl methyl sites for hydroxylation is 1. The lowest BCUT2D eigenvalue weighted by atomic mass is 9.89. The maximum Gasteiger partial charge on any atom is 0.228 e. The molecule has 2 aromatic rings. The van der Waals surface area contributed by atoms with Gasteiger partial charge in [-0.2, -0.15) is 0 Å². The van der Waals surface area contributed by atoms with E-state index in [4.69, 9.17) is 0 Å². The molecule has 1 aliphatic rings. The molecule has 0 saturated carbocycles. The van der Waals surface area contributed by atoms with E-state index in [2.05, 4.69) is 20.6 Å². The van der Waals surface area contributed by atoms with Gasteiger partial charge < -0.3 is 15.5 Å². The average Bonchev–Trinajstić information content (AvgIpc) is 3.16. The second-order valence-corrected chi connectivity index (χ2v) is 7.56. The first-order valence-electron chi connectivity index (χ1n) is 8.60. The molecule has 2 atom stereocenters. The number of pyridine rings is 1. The summed E-state index contributed by atoms with van der Waals surface area (Å²) < 4.78 is 0. The first kappa shape index (κ1) is 18.5. The lowest BCUT2D eigenvalue weighted by Gasteiger charge is -2.31. The fourth-order valence-corrected chi connectivity index (χ4v) is 3.71. The molecule has 0 bridgehead atoms. The SMILES string of the molecule is Cc1ccc(NC(=O)C2CNCC(C(=O)N(C)Cc3nccs3)C2)cn1. The number of hydrogen-bond donors (Lipinski definition) is 2. The fourth-order valence-electron chi connectivity index (χ4n) is 3.04. The first-order valence-corrected chi connectivity index (χ1v) is 9.48. The molecule has 1 saturated heterocycles. The quantitative estimate of drug-likeness (QED) is 0.832. The molecule has 0 radical (unpaired) electrons. The topological polar surface area (TPSA) is 87.2 Å². The molecule has 1 fully saturated rings. The highest BCUT2D eigenvalue weighted by molar-refractivity contribution is 7.09. The predicted molar refractivity (Wildman–Crippen MR) is 101 cm³/mol. The van der Waals surface area contributed by atoms with Crippen LogP contribution in [0.2, 0.25) is 0 Å². The summed E-state index contributed by atoms with van der Waals surface area (Å²) in [5.74, 6) is -0.488. The molecule has 26 heavy (non-hydrogen) atoms. The number of hydrogen-bond acceptors (Lipinski definition) is 6. The molecule has 0 spiro atoms. The van der Waals surface area contributed by atoms with Crippen LogP contribution in [-0.4, -0.2) is 46.8 Å². The monoisotopic (exact) mass is 373 g/mol. The van der Waals surface area contributed by atoms with Gasteiger partial charge >= 0.3 is 0 Å². The highest BCUT2D eigenvalue weighted by atomic mass is 32.1. The van der Waals surface area contributed by atoms with E-state index < -0.39 is 0 Å². The molecule has 3 heterocycles. The van der Waals surface area contributed by atoms with Crippen molar-refractivity contribution < 1.29 is 9.59 Å². The van der Waals surface area contributed by atoms with E-state index in [1.54, 1.807) is 24.3 Å². The molecule has 2 unspecified atom stereocenters. The van der Waals surface area contributed by atoms with Crippen LogP contribution in [0, 0.1) is 18.8 Å². The molecule has 2 amide bonds. The van der Waals surface area contributed by atoms with E-state index in [0.717, 1.165) is 10.7 Å². The number of anilines is 1. The Morgan fingerprint density at radius 1 is 1.31 bits per heavy atom. The number of thiazole rings is 1. The van der Waals surface area contributed by atoms with Crippen LogP contribution < -0.4 is 10.6 Å². The van der Waals surface area contributed by atoms with E-state index >= 15 is 0 Å². The Morgan fingerprint density at radius 2 is 2.12 bits per heavy atom. The van der Waals surface area contributed by atoms with E-state index in [0.29, 0.717) is 31.7 Å². The molecule has 2 N–H and O–H groups in total. The number of amides is 2. The first-order chi connectivity index (χ1) is 12.5. The van der Waals surface area contributed by atoms with E-state index in [1.807, 2.05) is 24.4 Å². The Kier molecular flexibility index (Phi) is 5.95. The number of rotatable bonds is 5. The summed E-state index contributed by atoms with van der Waals surface area (Å²) in [6.07, 6.45) is 3.92. The normalized spacial score (nSPS) is 19.8. The van der Waals surface area contributed by atoms with Crippen LogP contribution in [0.15, 0.2) is 29.9 Å². The summed E-state index contributed by atoms with van der Waals surface area (Å²) in [6, 6.07) is 3.69. The largest absolute Gasteiger partial charge is 0.339 e. The zero-order valence-corrected chi connectivity index (χ0v) is 15.8. The van der Waals surface area contributed by atoms with E-state index in [1.165, 1.54) is 11.3 Å². The van der Waals surface area contributed by atoms with Crippen molar-refractivity contribution >= 4 is 28.8 Å². The minimum atomic E-state index is -0.243. The molecular weight excluding hydrogens is 350 g/mol. The number of piperidine rings is 1. The Balaban J connectivity index is 1.56. The third kappa shape index (κ3) is 4.64. The van der Waals surface area contributed by atoms with Crippen LogP contribution in [0.1, 0.15) is 17.1 Å². The van der Waals surface area contributed by atoms with Crippen LogP contribution >= 0.6 is 11.3 Å². The molecule has 138 valence electrons. The summed E-state index contributed by atoms with van der Waals surface area (Å²) >= 11 is 1.53. The van der Waals surface area contributed by atoms with Gasteiger partial charge in [0.25, 0.3) is 0 Å². The zero-order valence-electron chi connectivity index (χ0n) is 14.9. The standard InChI is InChI=1S/C18H23N5O2S/c1-12-3-4-15(10-21-12)22-17(24)13-7-14(9-19-8-13)18(25)23(2)11-16-20-5-6-26-16/h3-6,10,13-14,19H,7-9,11H2,1-2H3,(H,22,24). The fraction of sp³-hybridized carbons (Fsp3) is 0.444. The molecule has 3 rings (SSSR count). The molecule has 0 aromatic carbocycles. The van der Waals surface area contributed by atoms with Crippen molar-refractivity contribution in [2.24, 2.45) is 11.8 Å². The van der Waals surface area contributed by atoms with Gasteiger partial charge in [0.2, 0.25) is 11.8 Å². The maximum absolute atomic E-state index is 12.7. The smallest absolute Gasteiger partial charge is 0.228 e. The van der Waals surface area contributed by atoms with Crippen molar-refractivity contribution in [1.29, 1.82) is 0 Å². The number of nitrogens with zero attached hydrogens (tertiary/aromatic N) is 3. The number of carbonyl (C=O) groups is 2. The lowest BCUT2D eigenvalue weighted by Crippen LogP contribution is -2.47. The lowest BCUT2D eigenvalue weighted by molar-refractivity contribution is -0.136. The summed E-state index contributed by atoms with van der Waals surface area (Å²) in [6.45, 7) is 3.57. The summed E-state index contributed by atoms with van der Waals surface area (Å²) in [4.78, 5) is 35.3. The zero-order chi connectivity index (χ0) is 18.5. The van der Waals surface area contributed by atoms with Crippen LogP contribution in [0.5, 0.6) is 0 Å². The third-order valence-corrected chi connectivity index (χ3v) is 5.25. The second-order valence-electron chi connectivity index (χ2n) is 6.59. The molecule has 8 heteroatoms. The van der Waals surface area contributed by atoms with Gasteiger partial charge in [-0.25, -0.2) is 4.98 Å². The molecule has 0 aliphatic carbocycles. The number of carbonyl (C=O) groups excluding carboxylic acids is 2. The van der Waals surface area contributed by atoms with Crippen LogP contribution in [0.4, 0.5) is 5.69 Å². The molecular formula is C18H23N5O2S. The van der Waals surface area contributed by atoms with Gasteiger partial charge in [0.05, 0.1) is 30.3 Å². The Hall–Kier alpha value is -2.32. The third-order valence-electron chi connectivity index (χ3n) is 4.48. The van der Waals surface area contributed by atoms with Crippen molar-refractivity contribution in [3.63, 3.8) is 0 Å². The van der Waals surface area contributed by atoms with Crippen LogP contribution in [0.3, 0.4) is 0 Å². The number of aromatic nitrogens is 2. The van der Waals surface area contributed by atoms with E-state index in [9.17, 15) is 9.59 Å². The van der Waals surface area contributed by atoms with Gasteiger partial charge in [0, 0.05) is 37.4 Å². The van der Waals surface area contributed by atoms with Crippen molar-refractivity contribution in [3.05, 3.63) is 40.6 Å². The molecule has 7 nitrogen and oxygen atoms in total. The average molecular weight is 373 g/mol. The molecule has 2 aromatic heterocycles. The van der Waals surface area contributed by atoms with Gasteiger partial charge in [-0.15, -0.1) is 11.3 Å². The highest BCUT2D eigenvalue weighted by Crippen LogP contribution is 2.21. The Morgan fingerprint density at radius 3 is 2.81 bits per heavy atom.